The number of hydrazine groups is 1. The van der Waals surface area contributed by atoms with E-state index < -0.39 is 23.5 Å². The fourth-order valence-corrected chi connectivity index (χ4v) is 2.55. The van der Waals surface area contributed by atoms with Crippen molar-refractivity contribution in [1.29, 1.82) is 0 Å². The van der Waals surface area contributed by atoms with E-state index in [1.807, 2.05) is 0 Å². The molecule has 4 nitrogen and oxygen atoms in total. The lowest BCUT2D eigenvalue weighted by Crippen LogP contribution is -2.43. The second-order valence-corrected chi connectivity index (χ2v) is 6.64. The van der Waals surface area contributed by atoms with Crippen molar-refractivity contribution in [3.8, 4) is 5.75 Å². The lowest BCUT2D eigenvalue weighted by atomic mass is 9.93. The monoisotopic (exact) mass is 330 g/mol. The Balaban J connectivity index is 2.36. The third kappa shape index (κ3) is 3.96. The largest absolute Gasteiger partial charge is 0.491 e. The summed E-state index contributed by atoms with van der Waals surface area (Å²) < 4.78 is 46.3. The molecular weight excluding hydrogens is 309 g/mol. The topological polar surface area (TPSA) is 41.6 Å². The van der Waals surface area contributed by atoms with Crippen LogP contribution in [0.15, 0.2) is 24.3 Å². The molecule has 2 rings (SSSR count). The Morgan fingerprint density at radius 1 is 1.30 bits per heavy atom. The smallest absolute Gasteiger partial charge is 0.409 e. The van der Waals surface area contributed by atoms with Crippen molar-refractivity contribution in [1.82, 2.24) is 10.4 Å². The van der Waals surface area contributed by atoms with Crippen molar-refractivity contribution in [2.75, 3.05) is 6.54 Å². The second-order valence-electron chi connectivity index (χ2n) is 6.64. The fourth-order valence-electron chi connectivity index (χ4n) is 2.55. The van der Waals surface area contributed by atoms with E-state index in [1.54, 1.807) is 33.8 Å². The van der Waals surface area contributed by atoms with Gasteiger partial charge in [-0.25, -0.2) is 5.01 Å². The standard InChI is InChI=1S/C16H21F3N2O2/c1-10(2)23-12-7-5-6-11(8-12)13(16(17,18)19)21-9-15(3,4)14(22)20-21/h5-8,10,13H,9H2,1-4H3,(H,20,22). The molecule has 1 heterocycles. The molecule has 23 heavy (non-hydrogen) atoms. The number of rotatable bonds is 4. The lowest BCUT2D eigenvalue weighted by Gasteiger charge is -2.30. The maximum absolute atomic E-state index is 13.6. The summed E-state index contributed by atoms with van der Waals surface area (Å²) in [5.74, 6) is -0.0436. The molecule has 7 heteroatoms. The quantitative estimate of drug-likeness (QED) is 0.919. The van der Waals surface area contributed by atoms with E-state index in [1.165, 1.54) is 18.2 Å². The Morgan fingerprint density at radius 3 is 2.43 bits per heavy atom. The molecule has 1 aliphatic rings. The summed E-state index contributed by atoms with van der Waals surface area (Å²) in [7, 11) is 0. The Morgan fingerprint density at radius 2 is 1.96 bits per heavy atom. The van der Waals surface area contributed by atoms with Gasteiger partial charge in [0.25, 0.3) is 0 Å². The van der Waals surface area contributed by atoms with Gasteiger partial charge in [-0.2, -0.15) is 13.2 Å². The van der Waals surface area contributed by atoms with Gasteiger partial charge in [0.15, 0.2) is 0 Å². The third-order valence-corrected chi connectivity index (χ3v) is 3.59. The molecular formula is C16H21F3N2O2. The number of amides is 1. The normalized spacial score (nSPS) is 19.7. The van der Waals surface area contributed by atoms with Gasteiger partial charge in [-0.05, 0) is 45.4 Å². The molecule has 1 saturated heterocycles. The Hall–Kier alpha value is -1.76. The number of hydrogen-bond acceptors (Lipinski definition) is 3. The zero-order valence-electron chi connectivity index (χ0n) is 13.6. The van der Waals surface area contributed by atoms with Crippen LogP contribution in [0, 0.1) is 5.41 Å². The average molecular weight is 330 g/mol. The van der Waals surface area contributed by atoms with Crippen LogP contribution >= 0.6 is 0 Å². The first-order valence-corrected chi connectivity index (χ1v) is 7.42. The van der Waals surface area contributed by atoms with Crippen LogP contribution in [0.3, 0.4) is 0 Å². The highest BCUT2D eigenvalue weighted by atomic mass is 19.4. The zero-order chi connectivity index (χ0) is 17.4. The third-order valence-electron chi connectivity index (χ3n) is 3.59. The van der Waals surface area contributed by atoms with Gasteiger partial charge in [0.2, 0.25) is 5.91 Å². The van der Waals surface area contributed by atoms with Crippen molar-refractivity contribution in [2.24, 2.45) is 5.41 Å². The van der Waals surface area contributed by atoms with Gasteiger partial charge in [-0.1, -0.05) is 12.1 Å². The number of nitrogens with zero attached hydrogens (tertiary/aromatic N) is 1. The first-order chi connectivity index (χ1) is 10.5. The van der Waals surface area contributed by atoms with Crippen LogP contribution < -0.4 is 10.2 Å². The van der Waals surface area contributed by atoms with Gasteiger partial charge in [-0.15, -0.1) is 0 Å². The number of ether oxygens (including phenoxy) is 1. The number of hydrogen-bond donors (Lipinski definition) is 1. The number of carbonyl (C=O) groups excluding carboxylic acids is 1. The predicted octanol–water partition coefficient (Wildman–Crippen LogP) is 3.45. The van der Waals surface area contributed by atoms with Gasteiger partial charge in [0.1, 0.15) is 11.8 Å². The van der Waals surface area contributed by atoms with Crippen LogP contribution in [0.5, 0.6) is 5.75 Å². The molecule has 1 aromatic carbocycles. The summed E-state index contributed by atoms with van der Waals surface area (Å²) >= 11 is 0. The SMILES string of the molecule is CC(C)Oc1cccc(C(N2CC(C)(C)C(=O)N2)C(F)(F)F)c1. The van der Waals surface area contributed by atoms with Crippen molar-refractivity contribution >= 4 is 5.91 Å². The molecule has 1 atom stereocenters. The second kappa shape index (κ2) is 6.03. The maximum Gasteiger partial charge on any atom is 0.409 e. The summed E-state index contributed by atoms with van der Waals surface area (Å²) in [5.41, 5.74) is 1.51. The van der Waals surface area contributed by atoms with E-state index in [9.17, 15) is 18.0 Å². The van der Waals surface area contributed by atoms with Gasteiger partial charge >= 0.3 is 6.18 Å². The molecule has 1 aliphatic heterocycles. The van der Waals surface area contributed by atoms with Crippen LogP contribution in [0.2, 0.25) is 0 Å². The van der Waals surface area contributed by atoms with E-state index in [4.69, 9.17) is 4.74 Å². The number of alkyl halides is 3. The Bertz CT molecular complexity index is 585. The molecule has 0 aliphatic carbocycles. The van der Waals surface area contributed by atoms with Crippen LogP contribution in [0.1, 0.15) is 39.3 Å². The van der Waals surface area contributed by atoms with Crippen molar-refractivity contribution in [2.45, 2.75) is 46.0 Å². The zero-order valence-corrected chi connectivity index (χ0v) is 13.6. The summed E-state index contributed by atoms with van der Waals surface area (Å²) in [6, 6.07) is 3.99. The molecule has 1 unspecified atom stereocenters. The van der Waals surface area contributed by atoms with E-state index in [0.717, 1.165) is 5.01 Å². The van der Waals surface area contributed by atoms with E-state index in [2.05, 4.69) is 5.43 Å². The minimum absolute atomic E-state index is 0.0225. The molecule has 1 N–H and O–H groups in total. The van der Waals surface area contributed by atoms with E-state index in [0.29, 0.717) is 5.75 Å². The highest BCUT2D eigenvalue weighted by Gasteiger charge is 2.51. The van der Waals surface area contributed by atoms with Crippen molar-refractivity contribution in [3.05, 3.63) is 29.8 Å². The Kier molecular flexibility index (Phi) is 4.61. The lowest BCUT2D eigenvalue weighted by molar-refractivity contribution is -0.191. The van der Waals surface area contributed by atoms with Crippen molar-refractivity contribution in [3.63, 3.8) is 0 Å². The van der Waals surface area contributed by atoms with Gasteiger partial charge in [-0.3, -0.25) is 10.2 Å². The van der Waals surface area contributed by atoms with E-state index >= 15 is 0 Å². The van der Waals surface area contributed by atoms with Crippen molar-refractivity contribution < 1.29 is 22.7 Å². The van der Waals surface area contributed by atoms with Gasteiger partial charge in [0, 0.05) is 6.54 Å². The van der Waals surface area contributed by atoms with Crippen LogP contribution in [-0.2, 0) is 4.79 Å². The molecule has 0 aromatic heterocycles. The number of nitrogens with one attached hydrogen (secondary N) is 1. The van der Waals surface area contributed by atoms with E-state index in [-0.39, 0.29) is 18.2 Å². The minimum atomic E-state index is -4.52. The highest BCUT2D eigenvalue weighted by molar-refractivity contribution is 5.83. The summed E-state index contributed by atoms with van der Waals surface area (Å²) in [6.45, 7) is 6.82. The van der Waals surface area contributed by atoms with Crippen LogP contribution in [0.4, 0.5) is 13.2 Å². The first-order valence-electron chi connectivity index (χ1n) is 7.42. The molecule has 128 valence electrons. The highest BCUT2D eigenvalue weighted by Crippen LogP contribution is 2.41. The fraction of sp³-hybridized carbons (Fsp3) is 0.562. The summed E-state index contributed by atoms with van der Waals surface area (Å²) in [5, 5.41) is 0.955. The molecule has 1 fully saturated rings. The molecule has 0 radical (unpaired) electrons. The molecule has 0 spiro atoms. The Labute approximate surface area is 133 Å². The molecule has 0 saturated carbocycles. The first kappa shape index (κ1) is 17.6. The minimum Gasteiger partial charge on any atom is -0.491 e. The number of benzene rings is 1. The molecule has 0 bridgehead atoms. The summed E-state index contributed by atoms with van der Waals surface area (Å²) in [4.78, 5) is 11.8. The predicted molar refractivity (Wildman–Crippen MR) is 79.6 cm³/mol. The molecule has 1 amide bonds. The van der Waals surface area contributed by atoms with Gasteiger partial charge < -0.3 is 4.74 Å². The molecule has 1 aromatic rings. The number of halogens is 3. The van der Waals surface area contributed by atoms with Crippen LogP contribution in [0.25, 0.3) is 0 Å². The number of carbonyl (C=O) groups is 1. The van der Waals surface area contributed by atoms with Crippen LogP contribution in [-0.4, -0.2) is 29.7 Å². The maximum atomic E-state index is 13.6. The summed E-state index contributed by atoms with van der Waals surface area (Å²) in [6.07, 6.45) is -4.66. The average Bonchev–Trinajstić information content (AvgIpc) is 2.61. The van der Waals surface area contributed by atoms with Gasteiger partial charge in [0.05, 0.1) is 11.5 Å².